The molecule has 5 rings (SSSR count). The zero-order valence-electron chi connectivity index (χ0n) is 17.4. The van der Waals surface area contributed by atoms with E-state index in [1.165, 1.54) is 32.1 Å². The predicted octanol–water partition coefficient (Wildman–Crippen LogP) is 8.03. The zero-order valence-corrected chi connectivity index (χ0v) is 18.2. The fourth-order valence-corrected chi connectivity index (χ4v) is 5.54. The van der Waals surface area contributed by atoms with E-state index in [4.69, 9.17) is 4.99 Å². The van der Waals surface area contributed by atoms with Crippen LogP contribution < -0.4 is 0 Å². The van der Waals surface area contributed by atoms with Crippen LogP contribution in [-0.2, 0) is 0 Å². The third kappa shape index (κ3) is 3.57. The Balaban J connectivity index is 1.52. The molecule has 0 fully saturated rings. The van der Waals surface area contributed by atoms with E-state index in [2.05, 4.69) is 105 Å². The average molecular weight is 408 g/mol. The molecule has 1 aliphatic heterocycles. The SMILES string of the molecule is CC(C1=C2Sc3cc(C(C)c4ccccc4)ccc3N=C2C=CC1)c1ccccc1. The molecule has 2 atom stereocenters. The Morgan fingerprint density at radius 1 is 0.767 bits per heavy atom. The molecule has 0 saturated heterocycles. The minimum atomic E-state index is 0.366. The largest absolute Gasteiger partial charge is 0.247 e. The number of fused-ring (bicyclic) bond motifs is 2. The molecule has 2 unspecified atom stereocenters. The molecule has 1 heterocycles. The number of hydrogen-bond donors (Lipinski definition) is 0. The van der Waals surface area contributed by atoms with Gasteiger partial charge in [-0.3, -0.25) is 0 Å². The molecular formula is C28H25NS. The van der Waals surface area contributed by atoms with E-state index in [0.29, 0.717) is 11.8 Å². The maximum Gasteiger partial charge on any atom is 0.0777 e. The lowest BCUT2D eigenvalue weighted by Crippen LogP contribution is -2.12. The van der Waals surface area contributed by atoms with Gasteiger partial charge < -0.3 is 0 Å². The van der Waals surface area contributed by atoms with E-state index in [1.54, 1.807) is 0 Å². The molecule has 2 aliphatic rings. The van der Waals surface area contributed by atoms with Crippen molar-refractivity contribution in [1.29, 1.82) is 0 Å². The van der Waals surface area contributed by atoms with Crippen LogP contribution in [0.2, 0.25) is 0 Å². The van der Waals surface area contributed by atoms with Crippen molar-refractivity contribution < 1.29 is 0 Å². The fourth-order valence-electron chi connectivity index (χ4n) is 4.30. The number of rotatable bonds is 4. The second-order valence-corrected chi connectivity index (χ2v) is 9.10. The van der Waals surface area contributed by atoms with Gasteiger partial charge in [0, 0.05) is 21.6 Å². The van der Waals surface area contributed by atoms with Crippen LogP contribution in [0.15, 0.2) is 111 Å². The normalized spacial score (nSPS) is 17.1. The van der Waals surface area contributed by atoms with Gasteiger partial charge in [-0.15, -0.1) is 0 Å². The van der Waals surface area contributed by atoms with Crippen LogP contribution in [0.1, 0.15) is 48.8 Å². The molecule has 0 N–H and O–H groups in total. The fraction of sp³-hybridized carbons (Fsp3) is 0.179. The van der Waals surface area contributed by atoms with Gasteiger partial charge in [0.05, 0.1) is 11.4 Å². The Morgan fingerprint density at radius 2 is 1.43 bits per heavy atom. The first-order valence-corrected chi connectivity index (χ1v) is 11.4. The highest BCUT2D eigenvalue weighted by molar-refractivity contribution is 8.04. The van der Waals surface area contributed by atoms with E-state index in [0.717, 1.165) is 17.8 Å². The predicted molar refractivity (Wildman–Crippen MR) is 129 cm³/mol. The summed E-state index contributed by atoms with van der Waals surface area (Å²) in [5.41, 5.74) is 7.73. The molecule has 148 valence electrons. The van der Waals surface area contributed by atoms with Gasteiger partial charge in [-0.2, -0.15) is 0 Å². The van der Waals surface area contributed by atoms with E-state index in [-0.39, 0.29) is 0 Å². The molecule has 2 heteroatoms. The lowest BCUT2D eigenvalue weighted by atomic mass is 9.87. The van der Waals surface area contributed by atoms with Gasteiger partial charge >= 0.3 is 0 Å². The topological polar surface area (TPSA) is 12.4 Å². The second kappa shape index (κ2) is 8.12. The molecule has 30 heavy (non-hydrogen) atoms. The number of hydrogen-bond acceptors (Lipinski definition) is 2. The van der Waals surface area contributed by atoms with Gasteiger partial charge in [-0.05, 0) is 46.9 Å². The van der Waals surface area contributed by atoms with Crippen molar-refractivity contribution in [3.63, 3.8) is 0 Å². The molecule has 0 spiro atoms. The summed E-state index contributed by atoms with van der Waals surface area (Å²) >= 11 is 1.90. The van der Waals surface area contributed by atoms with Crippen molar-refractivity contribution in [3.8, 4) is 0 Å². The number of thioether (sulfide) groups is 1. The van der Waals surface area contributed by atoms with Gasteiger partial charge in [0.25, 0.3) is 0 Å². The number of allylic oxidation sites excluding steroid dienone is 4. The summed E-state index contributed by atoms with van der Waals surface area (Å²) in [5.74, 6) is 0.752. The van der Waals surface area contributed by atoms with Crippen LogP contribution in [0.5, 0.6) is 0 Å². The van der Waals surface area contributed by atoms with E-state index >= 15 is 0 Å². The minimum Gasteiger partial charge on any atom is -0.247 e. The van der Waals surface area contributed by atoms with Crippen molar-refractivity contribution in [2.75, 3.05) is 0 Å². The average Bonchev–Trinajstić information content (AvgIpc) is 2.82. The second-order valence-electron chi connectivity index (χ2n) is 8.05. The molecule has 1 aliphatic carbocycles. The van der Waals surface area contributed by atoms with Crippen LogP contribution >= 0.6 is 11.8 Å². The van der Waals surface area contributed by atoms with Crippen molar-refractivity contribution >= 4 is 23.2 Å². The lowest BCUT2D eigenvalue weighted by molar-refractivity contribution is 0.858. The third-order valence-corrected chi connectivity index (χ3v) is 7.42. The Labute approximate surface area is 183 Å². The van der Waals surface area contributed by atoms with E-state index in [9.17, 15) is 0 Å². The summed E-state index contributed by atoms with van der Waals surface area (Å²) in [5, 5.41) is 0. The van der Waals surface area contributed by atoms with Crippen LogP contribution in [0, 0.1) is 0 Å². The van der Waals surface area contributed by atoms with Crippen LogP contribution in [0.4, 0.5) is 5.69 Å². The highest BCUT2D eigenvalue weighted by Crippen LogP contribution is 2.47. The molecule has 0 bridgehead atoms. The molecule has 3 aromatic rings. The molecule has 0 amide bonds. The first-order chi connectivity index (χ1) is 14.7. The first-order valence-electron chi connectivity index (χ1n) is 10.6. The van der Waals surface area contributed by atoms with Crippen molar-refractivity contribution in [2.45, 2.75) is 37.0 Å². The van der Waals surface area contributed by atoms with Gasteiger partial charge in [0.15, 0.2) is 0 Å². The summed E-state index contributed by atoms with van der Waals surface area (Å²) in [7, 11) is 0. The Morgan fingerprint density at radius 3 is 2.13 bits per heavy atom. The molecule has 3 aromatic carbocycles. The summed E-state index contributed by atoms with van der Waals surface area (Å²) in [4.78, 5) is 7.62. The van der Waals surface area contributed by atoms with Crippen LogP contribution in [-0.4, -0.2) is 5.71 Å². The molecule has 0 aromatic heterocycles. The van der Waals surface area contributed by atoms with E-state index < -0.39 is 0 Å². The monoisotopic (exact) mass is 407 g/mol. The van der Waals surface area contributed by atoms with Gasteiger partial charge in [-0.1, -0.05) is 98.4 Å². The maximum absolute atomic E-state index is 5.02. The van der Waals surface area contributed by atoms with Crippen molar-refractivity contribution in [1.82, 2.24) is 0 Å². The van der Waals surface area contributed by atoms with E-state index in [1.807, 2.05) is 11.8 Å². The highest BCUT2D eigenvalue weighted by Gasteiger charge is 2.26. The standard InChI is InChI=1S/C28H25NS/c1-19(21-10-5-3-6-11-21)23-16-17-25-27(18-23)30-28-24(14-9-15-26(28)29-25)20(2)22-12-7-4-8-13-22/h3-13,15-20H,14H2,1-2H3. The number of benzene rings is 3. The number of nitrogens with zero attached hydrogens (tertiary/aromatic N) is 1. The van der Waals surface area contributed by atoms with Crippen molar-refractivity contribution in [2.24, 2.45) is 4.99 Å². The molecule has 0 saturated carbocycles. The highest BCUT2D eigenvalue weighted by atomic mass is 32.2. The summed E-state index contributed by atoms with van der Waals surface area (Å²) < 4.78 is 0. The first kappa shape index (κ1) is 19.1. The Bertz CT molecular complexity index is 1160. The maximum atomic E-state index is 5.02. The summed E-state index contributed by atoms with van der Waals surface area (Å²) in [6.45, 7) is 4.60. The Hall–Kier alpha value is -2.84. The number of aliphatic imine (C=N–C) groups is 1. The van der Waals surface area contributed by atoms with Crippen molar-refractivity contribution in [3.05, 3.63) is 118 Å². The smallest absolute Gasteiger partial charge is 0.0777 e. The summed E-state index contributed by atoms with van der Waals surface area (Å²) in [6, 6.07) is 28.3. The quantitative estimate of drug-likeness (QED) is 0.426. The molecule has 0 radical (unpaired) electrons. The summed E-state index contributed by atoms with van der Waals surface area (Å²) in [6.07, 6.45) is 5.44. The lowest BCUT2D eigenvalue weighted by Gasteiger charge is -2.27. The van der Waals surface area contributed by atoms with Crippen LogP contribution in [0.3, 0.4) is 0 Å². The van der Waals surface area contributed by atoms with Gasteiger partial charge in [-0.25, -0.2) is 4.99 Å². The molecule has 1 nitrogen and oxygen atoms in total. The van der Waals surface area contributed by atoms with Gasteiger partial charge in [0.2, 0.25) is 0 Å². The Kier molecular flexibility index (Phi) is 5.18. The van der Waals surface area contributed by atoms with Crippen LogP contribution in [0.25, 0.3) is 0 Å². The zero-order chi connectivity index (χ0) is 20.5. The third-order valence-electron chi connectivity index (χ3n) is 6.20. The minimum absolute atomic E-state index is 0.366. The molecular weight excluding hydrogens is 382 g/mol. The van der Waals surface area contributed by atoms with Gasteiger partial charge in [0.1, 0.15) is 0 Å².